The number of hydrogen-bond donors (Lipinski definition) is 1. The maximum atomic E-state index is 13.1. The van der Waals surface area contributed by atoms with Gasteiger partial charge in [0.1, 0.15) is 5.82 Å². The zero-order valence-electron chi connectivity index (χ0n) is 14.3. The molecule has 1 unspecified atom stereocenters. The van der Waals surface area contributed by atoms with E-state index >= 15 is 0 Å². The summed E-state index contributed by atoms with van der Waals surface area (Å²) >= 11 is 0. The van der Waals surface area contributed by atoms with E-state index < -0.39 is 24.4 Å². The van der Waals surface area contributed by atoms with Gasteiger partial charge in [0.05, 0.1) is 12.5 Å². The molecule has 0 aromatic heterocycles. The normalized spacial score (nSPS) is 14.9. The van der Waals surface area contributed by atoms with Crippen LogP contribution in [0.3, 0.4) is 0 Å². The van der Waals surface area contributed by atoms with Crippen molar-refractivity contribution in [2.24, 2.45) is 5.92 Å². The maximum Gasteiger partial charge on any atom is 0.309 e. The van der Waals surface area contributed by atoms with Crippen molar-refractivity contribution in [2.75, 3.05) is 26.2 Å². The number of carbonyl (C=O) groups is 3. The van der Waals surface area contributed by atoms with Crippen LogP contribution in [0.25, 0.3) is 0 Å². The molecule has 0 aliphatic carbocycles. The lowest BCUT2D eigenvalue weighted by molar-refractivity contribution is -0.152. The minimum atomic E-state index is -0.537. The van der Waals surface area contributed by atoms with E-state index in [1.54, 1.807) is 24.0 Å². The van der Waals surface area contributed by atoms with Crippen LogP contribution in [0.1, 0.15) is 25.3 Å². The Morgan fingerprint density at radius 3 is 2.68 bits per heavy atom. The molecule has 2 rings (SSSR count). The monoisotopic (exact) mass is 350 g/mol. The summed E-state index contributed by atoms with van der Waals surface area (Å²) in [5.41, 5.74) is 0.685. The highest BCUT2D eigenvalue weighted by Gasteiger charge is 2.19. The van der Waals surface area contributed by atoms with E-state index in [1.165, 1.54) is 12.1 Å². The Labute approximate surface area is 146 Å². The molecule has 1 N–H and O–H groups in total. The second-order valence-electron chi connectivity index (χ2n) is 6.21. The first kappa shape index (κ1) is 18.9. The Hall–Kier alpha value is -2.44. The fourth-order valence-electron chi connectivity index (χ4n) is 2.68. The van der Waals surface area contributed by atoms with Crippen LogP contribution in [0.15, 0.2) is 24.3 Å². The van der Waals surface area contributed by atoms with Gasteiger partial charge in [-0.05, 0) is 37.0 Å². The largest absolute Gasteiger partial charge is 0.455 e. The van der Waals surface area contributed by atoms with Gasteiger partial charge in [0.15, 0.2) is 6.61 Å². The van der Waals surface area contributed by atoms with Crippen LogP contribution in [-0.2, 0) is 25.5 Å². The van der Waals surface area contributed by atoms with Crippen molar-refractivity contribution in [1.29, 1.82) is 0 Å². The van der Waals surface area contributed by atoms with E-state index in [0.717, 1.165) is 25.9 Å². The van der Waals surface area contributed by atoms with Gasteiger partial charge in [0, 0.05) is 13.1 Å². The summed E-state index contributed by atoms with van der Waals surface area (Å²) in [5.74, 6) is -2.04. The number of rotatable bonds is 7. The molecule has 1 fully saturated rings. The Morgan fingerprint density at radius 2 is 2.00 bits per heavy atom. The molecule has 1 aliphatic rings. The molecule has 1 aromatic carbocycles. The van der Waals surface area contributed by atoms with E-state index in [1.807, 2.05) is 0 Å². The predicted molar refractivity (Wildman–Crippen MR) is 89.1 cm³/mol. The van der Waals surface area contributed by atoms with Crippen molar-refractivity contribution < 1.29 is 23.5 Å². The molecule has 1 heterocycles. The minimum Gasteiger partial charge on any atom is -0.455 e. The molecule has 2 amide bonds. The van der Waals surface area contributed by atoms with Crippen molar-refractivity contribution in [2.45, 2.75) is 26.2 Å². The molecule has 1 atom stereocenters. The fourth-order valence-corrected chi connectivity index (χ4v) is 2.68. The molecule has 1 aliphatic heterocycles. The molecule has 0 bridgehead atoms. The number of benzene rings is 1. The van der Waals surface area contributed by atoms with Crippen LogP contribution in [0.2, 0.25) is 0 Å². The molecule has 6 nitrogen and oxygen atoms in total. The van der Waals surface area contributed by atoms with Crippen molar-refractivity contribution in [3.8, 4) is 0 Å². The highest BCUT2D eigenvalue weighted by molar-refractivity contribution is 5.86. The molecule has 136 valence electrons. The fraction of sp³-hybridized carbons (Fsp3) is 0.500. The van der Waals surface area contributed by atoms with Crippen LogP contribution in [0.5, 0.6) is 0 Å². The lowest BCUT2D eigenvalue weighted by atomic mass is 10.0. The van der Waals surface area contributed by atoms with Crippen molar-refractivity contribution in [3.63, 3.8) is 0 Å². The molecule has 25 heavy (non-hydrogen) atoms. The maximum absolute atomic E-state index is 13.1. The SMILES string of the molecule is CC(Cc1cccc(F)c1)C(=O)OCC(=O)NCC(=O)N1CCCC1. The second kappa shape index (κ2) is 9.15. The molecule has 7 heteroatoms. The number of nitrogens with one attached hydrogen (secondary N) is 1. The molecular weight excluding hydrogens is 327 g/mol. The van der Waals surface area contributed by atoms with E-state index in [-0.39, 0.29) is 18.3 Å². The van der Waals surface area contributed by atoms with E-state index in [2.05, 4.69) is 5.32 Å². The van der Waals surface area contributed by atoms with Crippen LogP contribution in [0, 0.1) is 11.7 Å². The summed E-state index contributed by atoms with van der Waals surface area (Å²) in [6.45, 7) is 2.58. The number of nitrogens with zero attached hydrogens (tertiary/aromatic N) is 1. The first-order valence-corrected chi connectivity index (χ1v) is 8.41. The van der Waals surface area contributed by atoms with E-state index in [9.17, 15) is 18.8 Å². The lowest BCUT2D eigenvalue weighted by Crippen LogP contribution is -2.40. The van der Waals surface area contributed by atoms with Crippen molar-refractivity contribution in [3.05, 3.63) is 35.6 Å². The summed E-state index contributed by atoms with van der Waals surface area (Å²) in [6, 6.07) is 6.00. The molecule has 1 aromatic rings. The van der Waals surface area contributed by atoms with Gasteiger partial charge in [-0.1, -0.05) is 19.1 Å². The average molecular weight is 350 g/mol. The summed E-state index contributed by atoms with van der Waals surface area (Å²) < 4.78 is 18.1. The second-order valence-corrected chi connectivity index (χ2v) is 6.21. The average Bonchev–Trinajstić information content (AvgIpc) is 3.12. The zero-order chi connectivity index (χ0) is 18.2. The Morgan fingerprint density at radius 1 is 1.28 bits per heavy atom. The van der Waals surface area contributed by atoms with Crippen LogP contribution in [0.4, 0.5) is 4.39 Å². The summed E-state index contributed by atoms with van der Waals surface area (Å²) in [7, 11) is 0. The number of halogens is 1. The third-order valence-corrected chi connectivity index (χ3v) is 4.07. The van der Waals surface area contributed by atoms with Gasteiger partial charge in [-0.15, -0.1) is 0 Å². The Bertz CT molecular complexity index is 629. The van der Waals surface area contributed by atoms with Crippen molar-refractivity contribution in [1.82, 2.24) is 10.2 Å². The molecule has 0 radical (unpaired) electrons. The third-order valence-electron chi connectivity index (χ3n) is 4.07. The molecule has 1 saturated heterocycles. The van der Waals surface area contributed by atoms with Crippen LogP contribution < -0.4 is 5.32 Å². The minimum absolute atomic E-state index is 0.0881. The van der Waals surface area contributed by atoms with Gasteiger partial charge in [0.2, 0.25) is 5.91 Å². The van der Waals surface area contributed by atoms with Crippen molar-refractivity contribution >= 4 is 17.8 Å². The number of hydrogen-bond acceptors (Lipinski definition) is 4. The Kier molecular flexibility index (Phi) is 6.91. The first-order valence-electron chi connectivity index (χ1n) is 8.41. The zero-order valence-corrected chi connectivity index (χ0v) is 14.3. The standard InChI is InChI=1S/C18H23FN2O4/c1-13(9-14-5-4-6-15(19)10-14)18(24)25-12-16(22)20-11-17(23)21-7-2-3-8-21/h4-6,10,13H,2-3,7-9,11-12H2,1H3,(H,20,22). The number of ether oxygens (including phenoxy) is 1. The van der Waals surface area contributed by atoms with Gasteiger partial charge < -0.3 is 15.0 Å². The highest BCUT2D eigenvalue weighted by Crippen LogP contribution is 2.11. The predicted octanol–water partition coefficient (Wildman–Crippen LogP) is 1.29. The van der Waals surface area contributed by atoms with E-state index in [4.69, 9.17) is 4.74 Å². The number of likely N-dealkylation sites (tertiary alicyclic amines) is 1. The quantitative estimate of drug-likeness (QED) is 0.752. The van der Waals surface area contributed by atoms with Gasteiger partial charge in [-0.2, -0.15) is 0 Å². The topological polar surface area (TPSA) is 75.7 Å². The smallest absolute Gasteiger partial charge is 0.309 e. The number of carbonyl (C=O) groups excluding carboxylic acids is 3. The van der Waals surface area contributed by atoms with E-state index in [0.29, 0.717) is 12.0 Å². The van der Waals surface area contributed by atoms with Crippen LogP contribution >= 0.6 is 0 Å². The summed E-state index contributed by atoms with van der Waals surface area (Å²) in [6.07, 6.45) is 2.30. The molecular formula is C18H23FN2O4. The van der Waals surface area contributed by atoms with Crippen LogP contribution in [-0.4, -0.2) is 48.9 Å². The first-order chi connectivity index (χ1) is 12.0. The summed E-state index contributed by atoms with van der Waals surface area (Å²) in [5, 5.41) is 2.45. The van der Waals surface area contributed by atoms with Gasteiger partial charge in [-0.25, -0.2) is 4.39 Å². The highest BCUT2D eigenvalue weighted by atomic mass is 19.1. The third kappa shape index (κ3) is 6.17. The lowest BCUT2D eigenvalue weighted by Gasteiger charge is -2.15. The Balaban J connectivity index is 1.67. The van der Waals surface area contributed by atoms with Gasteiger partial charge in [0.25, 0.3) is 5.91 Å². The molecule has 0 spiro atoms. The molecule has 0 saturated carbocycles. The number of esters is 1. The van der Waals surface area contributed by atoms with Gasteiger partial charge >= 0.3 is 5.97 Å². The number of amides is 2. The summed E-state index contributed by atoms with van der Waals surface area (Å²) in [4.78, 5) is 37.1. The van der Waals surface area contributed by atoms with Gasteiger partial charge in [-0.3, -0.25) is 14.4 Å².